The Hall–Kier alpha value is -3.41. The summed E-state index contributed by atoms with van der Waals surface area (Å²) in [4.78, 5) is 26.5. The van der Waals surface area contributed by atoms with Crippen molar-refractivity contribution in [1.82, 2.24) is 10.1 Å². The Bertz CT molecular complexity index is 978. The fourth-order valence-corrected chi connectivity index (χ4v) is 2.96. The molecule has 0 unspecified atom stereocenters. The summed E-state index contributed by atoms with van der Waals surface area (Å²) >= 11 is 0. The summed E-state index contributed by atoms with van der Waals surface area (Å²) in [5, 5.41) is 3.97. The molecule has 0 fully saturated rings. The number of hydrogen-bond donors (Lipinski definition) is 0. The molecule has 0 aliphatic rings. The van der Waals surface area contributed by atoms with Crippen LogP contribution in [0.3, 0.4) is 0 Å². The van der Waals surface area contributed by atoms with Crippen molar-refractivity contribution in [2.24, 2.45) is 0 Å². The zero-order valence-corrected chi connectivity index (χ0v) is 16.8. The van der Waals surface area contributed by atoms with Gasteiger partial charge in [0.05, 0.1) is 0 Å². The average Bonchev–Trinajstić information content (AvgIpc) is 3.14. The Labute approximate surface area is 170 Å². The van der Waals surface area contributed by atoms with Crippen molar-refractivity contribution in [3.8, 4) is 11.3 Å². The number of aryl methyl sites for hydroxylation is 2. The van der Waals surface area contributed by atoms with Gasteiger partial charge in [-0.3, -0.25) is 4.79 Å². The van der Waals surface area contributed by atoms with Crippen molar-refractivity contribution in [1.29, 1.82) is 0 Å². The van der Waals surface area contributed by atoms with E-state index >= 15 is 0 Å². The standard InChI is InChI=1S/C23H24N2O4/c1-4-17-10-12-18(13-11-17)14-25(3)20(26)15-28-23(27)21-16(2)29-24-22(21)19-8-6-5-7-9-19/h5-13H,4,14-15H2,1-3H3. The van der Waals surface area contributed by atoms with Gasteiger partial charge in [0, 0.05) is 19.2 Å². The van der Waals surface area contributed by atoms with Crippen molar-refractivity contribution in [3.63, 3.8) is 0 Å². The number of nitrogens with zero attached hydrogens (tertiary/aromatic N) is 2. The number of esters is 1. The third-order valence-electron chi connectivity index (χ3n) is 4.72. The molecular weight excluding hydrogens is 368 g/mol. The summed E-state index contributed by atoms with van der Waals surface area (Å²) in [6.07, 6.45) is 0.970. The molecule has 1 heterocycles. The Morgan fingerprint density at radius 3 is 2.34 bits per heavy atom. The van der Waals surface area contributed by atoms with Crippen molar-refractivity contribution >= 4 is 11.9 Å². The highest BCUT2D eigenvalue weighted by Gasteiger charge is 2.24. The highest BCUT2D eigenvalue weighted by molar-refractivity contribution is 5.98. The molecular formula is C23H24N2O4. The van der Waals surface area contributed by atoms with E-state index in [4.69, 9.17) is 9.26 Å². The molecule has 0 radical (unpaired) electrons. The molecule has 0 aliphatic heterocycles. The van der Waals surface area contributed by atoms with E-state index in [9.17, 15) is 9.59 Å². The molecule has 0 aliphatic carbocycles. The lowest BCUT2D eigenvalue weighted by molar-refractivity contribution is -0.133. The molecule has 0 N–H and O–H groups in total. The third kappa shape index (κ3) is 4.90. The SMILES string of the molecule is CCc1ccc(CN(C)C(=O)COC(=O)c2c(-c3ccccc3)noc2C)cc1. The van der Waals surface area contributed by atoms with Crippen LogP contribution in [0.5, 0.6) is 0 Å². The Morgan fingerprint density at radius 1 is 1.03 bits per heavy atom. The molecule has 6 heteroatoms. The molecule has 2 aromatic carbocycles. The van der Waals surface area contributed by atoms with Gasteiger partial charge in [-0.1, -0.05) is 66.7 Å². The molecule has 1 aromatic heterocycles. The van der Waals surface area contributed by atoms with Crippen LogP contribution in [-0.2, 0) is 22.5 Å². The molecule has 29 heavy (non-hydrogen) atoms. The number of likely N-dealkylation sites (N-methyl/N-ethyl adjacent to an activating group) is 1. The number of hydrogen-bond acceptors (Lipinski definition) is 5. The predicted molar refractivity (Wildman–Crippen MR) is 109 cm³/mol. The van der Waals surface area contributed by atoms with E-state index in [0.717, 1.165) is 17.5 Å². The quantitative estimate of drug-likeness (QED) is 0.568. The van der Waals surface area contributed by atoms with Crippen LogP contribution < -0.4 is 0 Å². The molecule has 0 bridgehead atoms. The van der Waals surface area contributed by atoms with Crippen LogP contribution in [0.25, 0.3) is 11.3 Å². The maximum Gasteiger partial charge on any atom is 0.344 e. The molecule has 6 nitrogen and oxygen atoms in total. The first-order valence-electron chi connectivity index (χ1n) is 9.50. The number of carbonyl (C=O) groups excluding carboxylic acids is 2. The first-order valence-corrected chi connectivity index (χ1v) is 9.50. The van der Waals surface area contributed by atoms with Crippen LogP contribution >= 0.6 is 0 Å². The first-order chi connectivity index (χ1) is 14.0. The predicted octanol–water partition coefficient (Wildman–Crippen LogP) is 4.03. The first kappa shape index (κ1) is 20.3. The van der Waals surface area contributed by atoms with E-state index in [0.29, 0.717) is 18.0 Å². The lowest BCUT2D eigenvalue weighted by Crippen LogP contribution is -2.30. The highest BCUT2D eigenvalue weighted by Crippen LogP contribution is 2.25. The van der Waals surface area contributed by atoms with Crippen LogP contribution in [0, 0.1) is 6.92 Å². The highest BCUT2D eigenvalue weighted by atomic mass is 16.5. The summed E-state index contributed by atoms with van der Waals surface area (Å²) in [6.45, 7) is 3.84. The number of carbonyl (C=O) groups is 2. The van der Waals surface area contributed by atoms with Crippen molar-refractivity contribution < 1.29 is 18.8 Å². The summed E-state index contributed by atoms with van der Waals surface area (Å²) < 4.78 is 10.4. The van der Waals surface area contributed by atoms with Crippen LogP contribution in [0.15, 0.2) is 59.1 Å². The van der Waals surface area contributed by atoms with Gasteiger partial charge in [-0.05, 0) is 24.5 Å². The van der Waals surface area contributed by atoms with Crippen molar-refractivity contribution in [3.05, 3.63) is 77.0 Å². The molecule has 0 spiro atoms. The number of rotatable bonds is 7. The van der Waals surface area contributed by atoms with E-state index in [-0.39, 0.29) is 18.1 Å². The van der Waals surface area contributed by atoms with E-state index in [1.54, 1.807) is 14.0 Å². The van der Waals surface area contributed by atoms with Crippen LogP contribution in [0.2, 0.25) is 0 Å². The summed E-state index contributed by atoms with van der Waals surface area (Å²) in [5.41, 5.74) is 3.66. The summed E-state index contributed by atoms with van der Waals surface area (Å²) in [7, 11) is 1.68. The van der Waals surface area contributed by atoms with Crippen LogP contribution in [-0.4, -0.2) is 35.6 Å². The zero-order valence-electron chi connectivity index (χ0n) is 16.8. The van der Waals surface area contributed by atoms with Gasteiger partial charge in [0.25, 0.3) is 5.91 Å². The van der Waals surface area contributed by atoms with Gasteiger partial charge in [0.1, 0.15) is 17.0 Å². The van der Waals surface area contributed by atoms with Gasteiger partial charge in [0.2, 0.25) is 0 Å². The van der Waals surface area contributed by atoms with E-state index in [2.05, 4.69) is 12.1 Å². The number of benzene rings is 2. The minimum atomic E-state index is -0.628. The zero-order chi connectivity index (χ0) is 20.8. The second-order valence-corrected chi connectivity index (χ2v) is 6.82. The fourth-order valence-electron chi connectivity index (χ4n) is 2.96. The van der Waals surface area contributed by atoms with Gasteiger partial charge in [-0.15, -0.1) is 0 Å². The van der Waals surface area contributed by atoms with E-state index < -0.39 is 5.97 Å². The maximum atomic E-state index is 12.6. The van der Waals surface area contributed by atoms with Gasteiger partial charge >= 0.3 is 5.97 Å². The van der Waals surface area contributed by atoms with Gasteiger partial charge < -0.3 is 14.2 Å². The monoisotopic (exact) mass is 392 g/mol. The normalized spacial score (nSPS) is 10.6. The molecule has 150 valence electrons. The second kappa shape index (κ2) is 9.19. The lowest BCUT2D eigenvalue weighted by atomic mass is 10.1. The smallest absolute Gasteiger partial charge is 0.344 e. The maximum absolute atomic E-state index is 12.6. The van der Waals surface area contributed by atoms with Gasteiger partial charge in [-0.2, -0.15) is 0 Å². The van der Waals surface area contributed by atoms with Crippen molar-refractivity contribution in [2.45, 2.75) is 26.8 Å². The number of aromatic nitrogens is 1. The van der Waals surface area contributed by atoms with Crippen LogP contribution in [0.1, 0.15) is 34.2 Å². The average molecular weight is 392 g/mol. The molecule has 3 aromatic rings. The molecule has 0 saturated heterocycles. The summed E-state index contributed by atoms with van der Waals surface area (Å²) in [5.74, 6) is -0.560. The number of amides is 1. The minimum absolute atomic E-state index is 0.238. The Kier molecular flexibility index (Phi) is 6.44. The molecule has 0 atom stereocenters. The largest absolute Gasteiger partial charge is 0.452 e. The van der Waals surface area contributed by atoms with Crippen LogP contribution in [0.4, 0.5) is 0 Å². The topological polar surface area (TPSA) is 72.6 Å². The van der Waals surface area contributed by atoms with Gasteiger partial charge in [0.15, 0.2) is 6.61 Å². The minimum Gasteiger partial charge on any atom is -0.452 e. The second-order valence-electron chi connectivity index (χ2n) is 6.82. The molecule has 0 saturated carbocycles. The fraction of sp³-hybridized carbons (Fsp3) is 0.261. The molecule has 1 amide bonds. The molecule has 3 rings (SSSR count). The summed E-state index contributed by atoms with van der Waals surface area (Å²) in [6, 6.07) is 17.3. The number of ether oxygens (including phenoxy) is 1. The Morgan fingerprint density at radius 2 is 1.69 bits per heavy atom. The lowest BCUT2D eigenvalue weighted by Gasteiger charge is -2.17. The Balaban J connectivity index is 1.61. The van der Waals surface area contributed by atoms with Crippen molar-refractivity contribution in [2.75, 3.05) is 13.7 Å². The van der Waals surface area contributed by atoms with E-state index in [1.165, 1.54) is 10.5 Å². The van der Waals surface area contributed by atoms with E-state index in [1.807, 2.05) is 54.6 Å². The third-order valence-corrected chi connectivity index (χ3v) is 4.72. The van der Waals surface area contributed by atoms with Gasteiger partial charge in [-0.25, -0.2) is 4.79 Å².